The fraction of sp³-hybridized carbons (Fsp3) is 0.625. The molecule has 0 radical (unpaired) electrons. The molecule has 0 aliphatic heterocycles. The molecule has 0 aliphatic rings. The van der Waals surface area contributed by atoms with Gasteiger partial charge in [-0.1, -0.05) is 22.9 Å². The molecule has 1 N–H and O–H groups in total. The van der Waals surface area contributed by atoms with Crippen molar-refractivity contribution in [1.29, 1.82) is 0 Å². The van der Waals surface area contributed by atoms with E-state index in [2.05, 4.69) is 25.8 Å². The Morgan fingerprint density at radius 3 is 2.80 bits per heavy atom. The van der Waals surface area contributed by atoms with Crippen LogP contribution in [-0.4, -0.2) is 29.6 Å². The van der Waals surface area contributed by atoms with Gasteiger partial charge in [-0.15, -0.1) is 0 Å². The lowest BCUT2D eigenvalue weighted by Crippen LogP contribution is -2.25. The first kappa shape index (κ1) is 12.7. The molecule has 1 heterocycles. The first-order chi connectivity index (χ1) is 6.92. The van der Waals surface area contributed by atoms with Gasteiger partial charge in [0.25, 0.3) is 0 Å². The molecule has 0 amide bonds. The predicted molar refractivity (Wildman–Crippen MR) is 61.4 cm³/mol. The Morgan fingerprint density at radius 2 is 2.33 bits per heavy atom. The number of hydrogen-bond donors (Lipinski definition) is 1. The molecule has 0 saturated carbocycles. The summed E-state index contributed by atoms with van der Waals surface area (Å²) >= 11 is 3.35. The second kappa shape index (κ2) is 5.09. The zero-order valence-electron chi connectivity index (χ0n) is 8.64. The van der Waals surface area contributed by atoms with Gasteiger partial charge in [-0.25, -0.2) is 13.1 Å². The van der Waals surface area contributed by atoms with Gasteiger partial charge >= 0.3 is 0 Å². The highest BCUT2D eigenvalue weighted by Gasteiger charge is 2.15. The number of sulfonamides is 1. The molecule has 0 fully saturated rings. The Bertz CT molecular complexity index is 413. The number of rotatable bonds is 5. The predicted octanol–water partition coefficient (Wildman–Crippen LogP) is 0.872. The van der Waals surface area contributed by atoms with E-state index in [0.29, 0.717) is 11.4 Å². The Morgan fingerprint density at radius 1 is 1.67 bits per heavy atom. The lowest BCUT2D eigenvalue weighted by atomic mass is 10.3. The van der Waals surface area contributed by atoms with Gasteiger partial charge < -0.3 is 0 Å². The molecule has 15 heavy (non-hydrogen) atoms. The van der Waals surface area contributed by atoms with Crippen LogP contribution in [0, 0.1) is 0 Å². The average molecular weight is 296 g/mol. The van der Waals surface area contributed by atoms with Crippen LogP contribution in [0.25, 0.3) is 0 Å². The molecule has 1 atom stereocenters. The van der Waals surface area contributed by atoms with Gasteiger partial charge in [0, 0.05) is 24.6 Å². The van der Waals surface area contributed by atoms with Crippen molar-refractivity contribution in [3.05, 3.63) is 12.4 Å². The summed E-state index contributed by atoms with van der Waals surface area (Å²) < 4.78 is 27.3. The van der Waals surface area contributed by atoms with E-state index >= 15 is 0 Å². The number of aromatic nitrogens is 2. The second-order valence-electron chi connectivity index (χ2n) is 3.32. The highest BCUT2D eigenvalue weighted by Crippen LogP contribution is 2.07. The van der Waals surface area contributed by atoms with E-state index in [4.69, 9.17) is 0 Å². The summed E-state index contributed by atoms with van der Waals surface area (Å²) in [6.07, 6.45) is 3.55. The molecule has 1 aromatic heterocycles. The minimum absolute atomic E-state index is 0.201. The van der Waals surface area contributed by atoms with Crippen LogP contribution in [0.2, 0.25) is 0 Å². The Kier molecular flexibility index (Phi) is 4.30. The third kappa shape index (κ3) is 3.92. The van der Waals surface area contributed by atoms with Crippen molar-refractivity contribution >= 4 is 26.0 Å². The van der Waals surface area contributed by atoms with Crippen LogP contribution in [0.15, 0.2) is 17.3 Å². The molecule has 5 nitrogen and oxygen atoms in total. The minimum Gasteiger partial charge on any atom is -0.274 e. The van der Waals surface area contributed by atoms with E-state index in [-0.39, 0.29) is 4.90 Å². The maximum absolute atomic E-state index is 11.6. The summed E-state index contributed by atoms with van der Waals surface area (Å²) in [5, 5.41) is 3.81. The Hall–Kier alpha value is -0.400. The normalized spacial score (nSPS) is 14.1. The number of aryl methyl sites for hydroxylation is 1. The van der Waals surface area contributed by atoms with Crippen molar-refractivity contribution in [2.45, 2.75) is 23.1 Å². The van der Waals surface area contributed by atoms with Crippen molar-refractivity contribution in [2.75, 3.05) is 6.54 Å². The molecule has 0 aromatic carbocycles. The minimum atomic E-state index is -3.39. The summed E-state index contributed by atoms with van der Waals surface area (Å²) in [6.45, 7) is 2.39. The smallest absolute Gasteiger partial charge is 0.243 e. The maximum Gasteiger partial charge on any atom is 0.243 e. The summed E-state index contributed by atoms with van der Waals surface area (Å²) in [5.41, 5.74) is 0. The van der Waals surface area contributed by atoms with Gasteiger partial charge in [-0.3, -0.25) is 4.68 Å². The van der Waals surface area contributed by atoms with Crippen LogP contribution in [-0.2, 0) is 17.1 Å². The van der Waals surface area contributed by atoms with Crippen LogP contribution < -0.4 is 4.72 Å². The summed E-state index contributed by atoms with van der Waals surface area (Å²) in [7, 11) is -1.71. The van der Waals surface area contributed by atoms with Crippen LogP contribution >= 0.6 is 15.9 Å². The van der Waals surface area contributed by atoms with E-state index < -0.39 is 10.0 Å². The van der Waals surface area contributed by atoms with E-state index in [9.17, 15) is 8.42 Å². The molecule has 1 aromatic rings. The zero-order valence-corrected chi connectivity index (χ0v) is 11.0. The molecule has 7 heteroatoms. The molecular formula is C8H14BrN3O2S. The van der Waals surface area contributed by atoms with Crippen LogP contribution in [0.3, 0.4) is 0 Å². The largest absolute Gasteiger partial charge is 0.274 e. The third-order valence-electron chi connectivity index (χ3n) is 1.83. The number of nitrogens with one attached hydrogen (secondary N) is 1. The van der Waals surface area contributed by atoms with Crippen molar-refractivity contribution in [2.24, 2.45) is 7.05 Å². The van der Waals surface area contributed by atoms with Gasteiger partial charge in [0.1, 0.15) is 4.90 Å². The van der Waals surface area contributed by atoms with Gasteiger partial charge in [0.15, 0.2) is 0 Å². The Balaban J connectivity index is 2.60. The van der Waals surface area contributed by atoms with Crippen molar-refractivity contribution < 1.29 is 8.42 Å². The number of nitrogens with zero attached hydrogens (tertiary/aromatic N) is 2. The number of halogens is 1. The van der Waals surface area contributed by atoms with Gasteiger partial charge in [0.2, 0.25) is 10.0 Å². The monoisotopic (exact) mass is 295 g/mol. The van der Waals surface area contributed by atoms with E-state index in [1.807, 2.05) is 6.92 Å². The van der Waals surface area contributed by atoms with E-state index in [0.717, 1.165) is 6.42 Å². The number of alkyl halides is 1. The van der Waals surface area contributed by atoms with E-state index in [1.54, 1.807) is 7.05 Å². The fourth-order valence-corrected chi connectivity index (χ4v) is 2.27. The first-order valence-corrected chi connectivity index (χ1v) is 6.94. The maximum atomic E-state index is 11.6. The lowest BCUT2D eigenvalue weighted by Gasteiger charge is -2.05. The first-order valence-electron chi connectivity index (χ1n) is 4.54. The van der Waals surface area contributed by atoms with Gasteiger partial charge in [-0.2, -0.15) is 5.10 Å². The van der Waals surface area contributed by atoms with Crippen LogP contribution in [0.4, 0.5) is 0 Å². The molecule has 1 rings (SSSR count). The van der Waals surface area contributed by atoms with Crippen molar-refractivity contribution in [3.63, 3.8) is 0 Å². The second-order valence-corrected chi connectivity index (χ2v) is 6.65. The standard InChI is InChI=1S/C8H14BrN3O2S/c1-7(9)3-4-11-15(13,14)8-5-10-12(2)6-8/h5-7,11H,3-4H2,1-2H3. The van der Waals surface area contributed by atoms with Gasteiger partial charge in [-0.05, 0) is 6.42 Å². The molecule has 86 valence electrons. The molecule has 1 unspecified atom stereocenters. The van der Waals surface area contributed by atoms with Crippen LogP contribution in [0.5, 0.6) is 0 Å². The molecule has 0 aliphatic carbocycles. The summed E-state index contributed by atoms with van der Waals surface area (Å²) in [4.78, 5) is 0.501. The highest BCUT2D eigenvalue weighted by molar-refractivity contribution is 9.09. The lowest BCUT2D eigenvalue weighted by molar-refractivity contribution is 0.579. The van der Waals surface area contributed by atoms with Gasteiger partial charge in [0.05, 0.1) is 6.20 Å². The topological polar surface area (TPSA) is 64.0 Å². The number of hydrogen-bond acceptors (Lipinski definition) is 3. The summed E-state index contributed by atoms with van der Waals surface area (Å²) in [5.74, 6) is 0. The average Bonchev–Trinajstić information content (AvgIpc) is 2.51. The molecule has 0 spiro atoms. The van der Waals surface area contributed by atoms with Crippen molar-refractivity contribution in [3.8, 4) is 0 Å². The quantitative estimate of drug-likeness (QED) is 0.820. The third-order valence-corrected chi connectivity index (χ3v) is 3.70. The molecule has 0 bridgehead atoms. The highest BCUT2D eigenvalue weighted by atomic mass is 79.9. The SMILES string of the molecule is CC(Br)CCNS(=O)(=O)c1cnn(C)c1. The fourth-order valence-electron chi connectivity index (χ4n) is 1.01. The van der Waals surface area contributed by atoms with Crippen LogP contribution in [0.1, 0.15) is 13.3 Å². The zero-order chi connectivity index (χ0) is 11.5. The van der Waals surface area contributed by atoms with E-state index in [1.165, 1.54) is 17.1 Å². The van der Waals surface area contributed by atoms with Crippen molar-refractivity contribution in [1.82, 2.24) is 14.5 Å². The molecular weight excluding hydrogens is 282 g/mol. The Labute approximate surface area is 98.0 Å². The molecule has 0 saturated heterocycles. The summed E-state index contributed by atoms with van der Waals surface area (Å²) in [6, 6.07) is 0.